The van der Waals surface area contributed by atoms with Crippen molar-refractivity contribution in [2.45, 2.75) is 45.6 Å². The predicted molar refractivity (Wildman–Crippen MR) is 79.8 cm³/mol. The molecule has 1 aliphatic heterocycles. The minimum atomic E-state index is 0.391. The van der Waals surface area contributed by atoms with E-state index in [1.165, 1.54) is 0 Å². The lowest BCUT2D eigenvalue weighted by Gasteiger charge is -2.33. The molecule has 0 aromatic carbocycles. The van der Waals surface area contributed by atoms with E-state index in [-0.39, 0.29) is 0 Å². The summed E-state index contributed by atoms with van der Waals surface area (Å²) in [5, 5.41) is 21.6. The Balaban J connectivity index is 2.38. The van der Waals surface area contributed by atoms with Crippen molar-refractivity contribution < 1.29 is 0 Å². The topological polar surface area (TPSA) is 64.8 Å². The van der Waals surface area contributed by atoms with Crippen LogP contribution in [0.3, 0.4) is 0 Å². The van der Waals surface area contributed by atoms with E-state index < -0.39 is 0 Å². The van der Waals surface area contributed by atoms with Crippen molar-refractivity contribution in [1.82, 2.24) is 15.5 Å². The highest BCUT2D eigenvalue weighted by molar-refractivity contribution is 5.58. The Kier molecular flexibility index (Phi) is 4.91. The molecule has 0 radical (unpaired) electrons. The summed E-state index contributed by atoms with van der Waals surface area (Å²) in [5.74, 6) is 0.732. The van der Waals surface area contributed by atoms with E-state index in [1.54, 1.807) is 0 Å². The van der Waals surface area contributed by atoms with Crippen molar-refractivity contribution in [3.05, 3.63) is 16.8 Å². The maximum Gasteiger partial charge on any atom is 0.169 e. The number of rotatable bonds is 4. The van der Waals surface area contributed by atoms with Crippen molar-refractivity contribution in [2.75, 3.05) is 25.0 Å². The Labute approximate surface area is 121 Å². The number of hydrogen-bond donors (Lipinski definition) is 1. The van der Waals surface area contributed by atoms with Crippen LogP contribution in [0.5, 0.6) is 0 Å². The molecule has 0 aliphatic carbocycles. The fourth-order valence-corrected chi connectivity index (χ4v) is 2.86. The lowest BCUT2D eigenvalue weighted by atomic mass is 10.0. The Morgan fingerprint density at radius 1 is 1.35 bits per heavy atom. The molecule has 1 atom stereocenters. The van der Waals surface area contributed by atoms with Crippen LogP contribution in [0.15, 0.2) is 0 Å². The standard InChI is InChI=1S/C15H23N5/c1-4-12-13(9-16)15(19-18-14(12)5-2)20(3)11-7-6-8-17-10-11/h11,17H,4-8,10H2,1-3H3. The van der Waals surface area contributed by atoms with Crippen LogP contribution in [0.2, 0.25) is 0 Å². The van der Waals surface area contributed by atoms with E-state index in [9.17, 15) is 5.26 Å². The Bertz CT molecular complexity index is 500. The van der Waals surface area contributed by atoms with E-state index in [4.69, 9.17) is 0 Å². The summed E-state index contributed by atoms with van der Waals surface area (Å²) < 4.78 is 0. The third kappa shape index (κ3) is 2.75. The van der Waals surface area contributed by atoms with E-state index in [2.05, 4.69) is 40.3 Å². The molecule has 2 heterocycles. The summed E-state index contributed by atoms with van der Waals surface area (Å²) in [5.41, 5.74) is 2.70. The number of nitriles is 1. The molecule has 1 saturated heterocycles. The monoisotopic (exact) mass is 273 g/mol. The molecule has 0 spiro atoms. The van der Waals surface area contributed by atoms with Gasteiger partial charge in [-0.05, 0) is 37.8 Å². The molecule has 0 saturated carbocycles. The van der Waals surface area contributed by atoms with Crippen LogP contribution in [0.25, 0.3) is 0 Å². The first-order chi connectivity index (χ1) is 9.72. The van der Waals surface area contributed by atoms with Gasteiger partial charge in [0.1, 0.15) is 11.6 Å². The highest BCUT2D eigenvalue weighted by atomic mass is 15.3. The molecule has 1 aromatic rings. The number of anilines is 1. The predicted octanol–water partition coefficient (Wildman–Crippen LogP) is 1.66. The van der Waals surface area contributed by atoms with E-state index in [0.717, 1.165) is 55.8 Å². The van der Waals surface area contributed by atoms with E-state index >= 15 is 0 Å². The van der Waals surface area contributed by atoms with E-state index in [0.29, 0.717) is 11.6 Å². The fourth-order valence-electron chi connectivity index (χ4n) is 2.86. The van der Waals surface area contributed by atoms with Gasteiger partial charge in [-0.1, -0.05) is 13.8 Å². The van der Waals surface area contributed by atoms with Gasteiger partial charge in [-0.2, -0.15) is 10.4 Å². The van der Waals surface area contributed by atoms with Gasteiger partial charge in [0.2, 0.25) is 0 Å². The lowest BCUT2D eigenvalue weighted by Crippen LogP contribution is -2.45. The molecule has 1 unspecified atom stereocenters. The van der Waals surface area contributed by atoms with Crippen LogP contribution >= 0.6 is 0 Å². The van der Waals surface area contributed by atoms with Crippen LogP contribution in [-0.2, 0) is 12.8 Å². The van der Waals surface area contributed by atoms with Gasteiger partial charge in [-0.3, -0.25) is 0 Å². The Morgan fingerprint density at radius 3 is 2.70 bits per heavy atom. The zero-order valence-corrected chi connectivity index (χ0v) is 12.6. The quantitative estimate of drug-likeness (QED) is 0.904. The summed E-state index contributed by atoms with van der Waals surface area (Å²) in [4.78, 5) is 2.12. The van der Waals surface area contributed by atoms with Crippen LogP contribution < -0.4 is 10.2 Å². The molecular weight excluding hydrogens is 250 g/mol. The van der Waals surface area contributed by atoms with Gasteiger partial charge < -0.3 is 10.2 Å². The third-order valence-electron chi connectivity index (χ3n) is 4.09. The number of piperidine rings is 1. The second-order valence-electron chi connectivity index (χ2n) is 5.25. The van der Waals surface area contributed by atoms with Crippen LogP contribution in [0.4, 0.5) is 5.82 Å². The fraction of sp³-hybridized carbons (Fsp3) is 0.667. The number of likely N-dealkylation sites (N-methyl/N-ethyl adjacent to an activating group) is 1. The number of hydrogen-bond acceptors (Lipinski definition) is 5. The first-order valence-electron chi connectivity index (χ1n) is 7.44. The molecule has 20 heavy (non-hydrogen) atoms. The normalized spacial score (nSPS) is 18.6. The number of aryl methyl sites for hydroxylation is 1. The minimum Gasteiger partial charge on any atom is -0.353 e. The van der Waals surface area contributed by atoms with Crippen molar-refractivity contribution in [3.8, 4) is 6.07 Å². The molecule has 1 aliphatic rings. The van der Waals surface area contributed by atoms with Gasteiger partial charge in [0.25, 0.3) is 0 Å². The average Bonchev–Trinajstić information content (AvgIpc) is 2.53. The second kappa shape index (κ2) is 6.67. The van der Waals surface area contributed by atoms with Gasteiger partial charge >= 0.3 is 0 Å². The van der Waals surface area contributed by atoms with Gasteiger partial charge in [0.15, 0.2) is 5.82 Å². The molecule has 108 valence electrons. The number of nitrogens with one attached hydrogen (secondary N) is 1. The maximum atomic E-state index is 9.54. The van der Waals surface area contributed by atoms with Crippen LogP contribution in [-0.4, -0.2) is 36.4 Å². The summed E-state index contributed by atoms with van der Waals surface area (Å²) in [7, 11) is 2.02. The first kappa shape index (κ1) is 14.7. The van der Waals surface area contributed by atoms with Crippen molar-refractivity contribution in [1.29, 1.82) is 5.26 Å². The molecule has 5 heteroatoms. The smallest absolute Gasteiger partial charge is 0.169 e. The maximum absolute atomic E-state index is 9.54. The number of nitrogens with zero attached hydrogens (tertiary/aromatic N) is 4. The lowest BCUT2D eigenvalue weighted by molar-refractivity contribution is 0.442. The highest BCUT2D eigenvalue weighted by Gasteiger charge is 2.23. The van der Waals surface area contributed by atoms with Gasteiger partial charge in [-0.15, -0.1) is 5.10 Å². The third-order valence-corrected chi connectivity index (χ3v) is 4.09. The Morgan fingerprint density at radius 2 is 2.15 bits per heavy atom. The van der Waals surface area contributed by atoms with Crippen molar-refractivity contribution >= 4 is 5.82 Å². The summed E-state index contributed by atoms with van der Waals surface area (Å²) >= 11 is 0. The molecule has 1 fully saturated rings. The van der Waals surface area contributed by atoms with Gasteiger partial charge in [0, 0.05) is 19.6 Å². The molecule has 2 rings (SSSR count). The summed E-state index contributed by atoms with van der Waals surface area (Å²) in [6.07, 6.45) is 3.94. The Hall–Kier alpha value is -1.67. The molecule has 5 nitrogen and oxygen atoms in total. The van der Waals surface area contributed by atoms with E-state index in [1.807, 2.05) is 7.05 Å². The average molecular weight is 273 g/mol. The zero-order chi connectivity index (χ0) is 14.5. The van der Waals surface area contributed by atoms with Gasteiger partial charge in [-0.25, -0.2) is 0 Å². The highest BCUT2D eigenvalue weighted by Crippen LogP contribution is 2.25. The first-order valence-corrected chi connectivity index (χ1v) is 7.44. The largest absolute Gasteiger partial charge is 0.353 e. The van der Waals surface area contributed by atoms with Gasteiger partial charge in [0.05, 0.1) is 5.69 Å². The SMILES string of the molecule is CCc1nnc(N(C)C2CCCNC2)c(C#N)c1CC. The molecular formula is C15H23N5. The summed E-state index contributed by atoms with van der Waals surface area (Å²) in [6.45, 7) is 6.15. The molecule has 1 aromatic heterocycles. The number of aromatic nitrogens is 2. The van der Waals surface area contributed by atoms with Crippen LogP contribution in [0, 0.1) is 11.3 Å². The van der Waals surface area contributed by atoms with Crippen LogP contribution in [0.1, 0.15) is 43.5 Å². The second-order valence-corrected chi connectivity index (χ2v) is 5.25. The molecule has 0 bridgehead atoms. The summed E-state index contributed by atoms with van der Waals surface area (Å²) in [6, 6.07) is 2.74. The molecule has 1 N–H and O–H groups in total. The zero-order valence-electron chi connectivity index (χ0n) is 12.6. The van der Waals surface area contributed by atoms with Crippen molar-refractivity contribution in [3.63, 3.8) is 0 Å². The minimum absolute atomic E-state index is 0.391. The molecule has 0 amide bonds. The van der Waals surface area contributed by atoms with Crippen molar-refractivity contribution in [2.24, 2.45) is 0 Å².